The molecule has 2 heterocycles. The van der Waals surface area contributed by atoms with E-state index < -0.39 is 9.84 Å². The van der Waals surface area contributed by atoms with Gasteiger partial charge in [0, 0.05) is 5.92 Å². The molecule has 0 saturated carbocycles. The van der Waals surface area contributed by atoms with Crippen LogP contribution in [0, 0.1) is 0 Å². The molecular weight excluding hydrogens is 220 g/mol. The van der Waals surface area contributed by atoms with Gasteiger partial charge in [-0.25, -0.2) is 8.42 Å². The Kier molecular flexibility index (Phi) is 2.74. The topological polar surface area (TPSA) is 93.3 Å². The highest BCUT2D eigenvalue weighted by Gasteiger charge is 2.28. The highest BCUT2D eigenvalue weighted by atomic mass is 32.2. The van der Waals surface area contributed by atoms with Gasteiger partial charge in [0.05, 0.1) is 11.5 Å². The molecule has 1 aromatic heterocycles. The minimum atomic E-state index is -2.86. The molecule has 1 aromatic rings. The lowest BCUT2D eigenvalue weighted by molar-refractivity contribution is 0.261. The van der Waals surface area contributed by atoms with Gasteiger partial charge < -0.3 is 9.63 Å². The molecule has 0 unspecified atom stereocenters. The molecule has 15 heavy (non-hydrogen) atoms. The first-order chi connectivity index (χ1) is 7.11. The Balaban J connectivity index is 2.07. The SMILES string of the molecule is O=S1(=O)CCC(c2nc(CO)no2)CC1. The number of aliphatic hydroxyl groups is 1. The van der Waals surface area contributed by atoms with E-state index in [0.29, 0.717) is 18.7 Å². The predicted octanol–water partition coefficient (Wildman–Crippen LogP) is -0.146. The molecule has 84 valence electrons. The molecule has 1 fully saturated rings. The Morgan fingerprint density at radius 1 is 1.40 bits per heavy atom. The van der Waals surface area contributed by atoms with E-state index in [1.807, 2.05) is 0 Å². The van der Waals surface area contributed by atoms with Gasteiger partial charge in [-0.1, -0.05) is 5.16 Å². The zero-order chi connectivity index (χ0) is 10.9. The van der Waals surface area contributed by atoms with Crippen molar-refractivity contribution in [2.45, 2.75) is 25.4 Å². The Morgan fingerprint density at radius 3 is 2.60 bits per heavy atom. The van der Waals surface area contributed by atoms with Crippen LogP contribution in [0.4, 0.5) is 0 Å². The van der Waals surface area contributed by atoms with Crippen LogP contribution in [-0.4, -0.2) is 35.2 Å². The van der Waals surface area contributed by atoms with Gasteiger partial charge in [-0.2, -0.15) is 4.98 Å². The summed E-state index contributed by atoms with van der Waals surface area (Å²) in [5, 5.41) is 12.3. The maximum atomic E-state index is 11.2. The molecule has 0 bridgehead atoms. The van der Waals surface area contributed by atoms with E-state index in [2.05, 4.69) is 10.1 Å². The Bertz CT molecular complexity index is 425. The zero-order valence-electron chi connectivity index (χ0n) is 8.09. The fraction of sp³-hybridized carbons (Fsp3) is 0.750. The lowest BCUT2D eigenvalue weighted by Gasteiger charge is -2.17. The van der Waals surface area contributed by atoms with E-state index in [0.717, 1.165) is 0 Å². The van der Waals surface area contributed by atoms with Crippen molar-refractivity contribution < 1.29 is 18.0 Å². The lowest BCUT2D eigenvalue weighted by Crippen LogP contribution is -2.22. The van der Waals surface area contributed by atoms with Gasteiger partial charge in [-0.15, -0.1) is 0 Å². The summed E-state index contributed by atoms with van der Waals surface area (Å²) < 4.78 is 27.3. The van der Waals surface area contributed by atoms with Crippen molar-refractivity contribution >= 4 is 9.84 Å². The summed E-state index contributed by atoms with van der Waals surface area (Å²) in [6.07, 6.45) is 1.05. The zero-order valence-corrected chi connectivity index (χ0v) is 8.90. The summed E-state index contributed by atoms with van der Waals surface area (Å²) in [4.78, 5) is 3.98. The predicted molar refractivity (Wildman–Crippen MR) is 50.8 cm³/mol. The molecule has 6 nitrogen and oxygen atoms in total. The van der Waals surface area contributed by atoms with Crippen LogP contribution >= 0.6 is 0 Å². The highest BCUT2D eigenvalue weighted by molar-refractivity contribution is 7.91. The third kappa shape index (κ3) is 2.35. The van der Waals surface area contributed by atoms with Crippen LogP contribution in [0.2, 0.25) is 0 Å². The van der Waals surface area contributed by atoms with Gasteiger partial charge in [-0.05, 0) is 12.8 Å². The number of hydrogen-bond donors (Lipinski definition) is 1. The molecule has 1 N–H and O–H groups in total. The highest BCUT2D eigenvalue weighted by Crippen LogP contribution is 2.27. The summed E-state index contributed by atoms with van der Waals surface area (Å²) in [6, 6.07) is 0. The quantitative estimate of drug-likeness (QED) is 0.762. The molecule has 1 saturated heterocycles. The van der Waals surface area contributed by atoms with Crippen molar-refractivity contribution in [1.29, 1.82) is 0 Å². The molecule has 7 heteroatoms. The van der Waals surface area contributed by atoms with E-state index >= 15 is 0 Å². The third-order valence-corrected chi connectivity index (χ3v) is 4.24. The number of aliphatic hydroxyl groups excluding tert-OH is 1. The maximum Gasteiger partial charge on any atom is 0.229 e. The van der Waals surface area contributed by atoms with Crippen molar-refractivity contribution in [3.63, 3.8) is 0 Å². The van der Waals surface area contributed by atoms with Crippen LogP contribution in [-0.2, 0) is 16.4 Å². The molecule has 0 amide bonds. The molecule has 0 aliphatic carbocycles. The van der Waals surface area contributed by atoms with Crippen LogP contribution in [0.1, 0.15) is 30.5 Å². The number of sulfone groups is 1. The van der Waals surface area contributed by atoms with E-state index in [4.69, 9.17) is 9.63 Å². The van der Waals surface area contributed by atoms with Gasteiger partial charge in [0.1, 0.15) is 16.4 Å². The molecule has 0 aromatic carbocycles. The van der Waals surface area contributed by atoms with Gasteiger partial charge in [0.15, 0.2) is 5.82 Å². The number of aromatic nitrogens is 2. The molecule has 0 atom stereocenters. The first kappa shape index (κ1) is 10.6. The molecule has 2 rings (SSSR count). The standard InChI is InChI=1S/C8H12N2O4S/c11-5-7-9-8(14-10-7)6-1-3-15(12,13)4-2-6/h6,11H,1-5H2. The second-order valence-corrected chi connectivity index (χ2v) is 5.94. The second kappa shape index (κ2) is 3.90. The molecule has 1 aliphatic rings. The smallest absolute Gasteiger partial charge is 0.229 e. The van der Waals surface area contributed by atoms with Crippen molar-refractivity contribution in [3.05, 3.63) is 11.7 Å². The first-order valence-electron chi connectivity index (χ1n) is 4.74. The van der Waals surface area contributed by atoms with Gasteiger partial charge in [-0.3, -0.25) is 0 Å². The molecule has 1 aliphatic heterocycles. The summed E-state index contributed by atoms with van der Waals surface area (Å²) in [6.45, 7) is -0.255. The lowest BCUT2D eigenvalue weighted by atomic mass is 10.0. The monoisotopic (exact) mass is 232 g/mol. The van der Waals surface area contributed by atoms with Gasteiger partial charge in [0.25, 0.3) is 0 Å². The van der Waals surface area contributed by atoms with Crippen molar-refractivity contribution in [1.82, 2.24) is 10.1 Å². The second-order valence-electron chi connectivity index (χ2n) is 3.63. The first-order valence-corrected chi connectivity index (χ1v) is 6.56. The van der Waals surface area contributed by atoms with Crippen LogP contribution in [0.3, 0.4) is 0 Å². The minimum absolute atomic E-state index is 0.0151. The number of hydrogen-bond acceptors (Lipinski definition) is 6. The van der Waals surface area contributed by atoms with Crippen molar-refractivity contribution in [2.75, 3.05) is 11.5 Å². The summed E-state index contributed by atoms with van der Waals surface area (Å²) in [5.41, 5.74) is 0. The van der Waals surface area contributed by atoms with E-state index in [-0.39, 0.29) is 29.9 Å². The summed E-state index contributed by atoms with van der Waals surface area (Å²) >= 11 is 0. The molecular formula is C8H12N2O4S. The Hall–Kier alpha value is -0.950. The van der Waals surface area contributed by atoms with Gasteiger partial charge in [0.2, 0.25) is 5.89 Å². The van der Waals surface area contributed by atoms with Gasteiger partial charge >= 0.3 is 0 Å². The van der Waals surface area contributed by atoms with Crippen LogP contribution in [0.5, 0.6) is 0 Å². The van der Waals surface area contributed by atoms with Crippen LogP contribution in [0.25, 0.3) is 0 Å². The number of rotatable bonds is 2. The maximum absolute atomic E-state index is 11.2. The Morgan fingerprint density at radius 2 is 2.07 bits per heavy atom. The summed E-state index contributed by atoms with van der Waals surface area (Å²) in [5.74, 6) is 1.05. The fourth-order valence-corrected chi connectivity index (χ4v) is 3.13. The third-order valence-electron chi connectivity index (χ3n) is 2.53. The average Bonchev–Trinajstić information content (AvgIpc) is 2.66. The van der Waals surface area contributed by atoms with Crippen LogP contribution in [0.15, 0.2) is 4.52 Å². The van der Waals surface area contributed by atoms with E-state index in [9.17, 15) is 8.42 Å². The largest absolute Gasteiger partial charge is 0.388 e. The summed E-state index contributed by atoms with van der Waals surface area (Å²) in [7, 11) is -2.86. The number of nitrogens with zero attached hydrogens (tertiary/aromatic N) is 2. The van der Waals surface area contributed by atoms with Crippen molar-refractivity contribution in [3.8, 4) is 0 Å². The van der Waals surface area contributed by atoms with Crippen LogP contribution < -0.4 is 0 Å². The van der Waals surface area contributed by atoms with E-state index in [1.54, 1.807) is 0 Å². The average molecular weight is 232 g/mol. The minimum Gasteiger partial charge on any atom is -0.388 e. The van der Waals surface area contributed by atoms with E-state index in [1.165, 1.54) is 0 Å². The van der Waals surface area contributed by atoms with Crippen molar-refractivity contribution in [2.24, 2.45) is 0 Å². The molecule has 0 radical (unpaired) electrons. The normalized spacial score (nSPS) is 21.7. The molecule has 0 spiro atoms. The fourth-order valence-electron chi connectivity index (χ4n) is 1.63. The Labute approximate surface area is 87.2 Å².